The van der Waals surface area contributed by atoms with E-state index in [1.165, 1.54) is 18.2 Å². The number of rotatable bonds is 7. The predicted octanol–water partition coefficient (Wildman–Crippen LogP) is 3.23. The lowest BCUT2D eigenvalue weighted by atomic mass is 9.89. The van der Waals surface area contributed by atoms with Crippen molar-refractivity contribution in [3.63, 3.8) is 0 Å². The third-order valence-electron chi connectivity index (χ3n) is 5.35. The van der Waals surface area contributed by atoms with Crippen LogP contribution < -0.4 is 16.2 Å². The summed E-state index contributed by atoms with van der Waals surface area (Å²) >= 11 is 5.89. The topological polar surface area (TPSA) is 148 Å². The summed E-state index contributed by atoms with van der Waals surface area (Å²) in [6.07, 6.45) is 0. The minimum Gasteiger partial charge on any atom is -0.391 e. The highest BCUT2D eigenvalue weighted by molar-refractivity contribution is 7.89. The van der Waals surface area contributed by atoms with Gasteiger partial charge in [-0.2, -0.15) is 4.72 Å². The number of nitrogens with two attached hydrogens (primary N) is 1. The van der Waals surface area contributed by atoms with E-state index < -0.39 is 44.4 Å². The maximum absolute atomic E-state index is 14.4. The first-order valence-corrected chi connectivity index (χ1v) is 11.8. The van der Waals surface area contributed by atoms with Gasteiger partial charge in [-0.1, -0.05) is 42.8 Å². The normalized spacial score (nSPS) is 13.6. The summed E-state index contributed by atoms with van der Waals surface area (Å²) in [4.78, 5) is 23.1. The van der Waals surface area contributed by atoms with Gasteiger partial charge in [-0.3, -0.25) is 4.79 Å². The smallest absolute Gasteiger partial charge is 0.391 e. The first-order valence-electron chi connectivity index (χ1n) is 9.92. The van der Waals surface area contributed by atoms with E-state index >= 15 is 0 Å². The Kier molecular flexibility index (Phi) is 6.26. The van der Waals surface area contributed by atoms with Crippen molar-refractivity contribution in [1.82, 2.24) is 14.9 Å². The van der Waals surface area contributed by atoms with E-state index in [0.717, 1.165) is 12.1 Å². The summed E-state index contributed by atoms with van der Waals surface area (Å²) in [5.74, 6) is -3.48. The molecule has 4 aromatic rings. The van der Waals surface area contributed by atoms with E-state index in [2.05, 4.69) is 14.9 Å². The van der Waals surface area contributed by atoms with Crippen LogP contribution in [0.1, 0.15) is 40.7 Å². The van der Waals surface area contributed by atoms with Crippen LogP contribution in [-0.2, 0) is 10.0 Å². The predicted molar refractivity (Wildman–Crippen MR) is 122 cm³/mol. The van der Waals surface area contributed by atoms with Crippen molar-refractivity contribution in [3.8, 4) is 0 Å². The molecule has 4 rings (SSSR count). The number of nitrogens with one attached hydrogen (secondary N) is 2. The number of halogens is 2. The van der Waals surface area contributed by atoms with Crippen LogP contribution in [0.3, 0.4) is 0 Å². The van der Waals surface area contributed by atoms with E-state index in [1.807, 2.05) is 0 Å². The Balaban J connectivity index is 1.85. The van der Waals surface area contributed by atoms with Gasteiger partial charge in [0.15, 0.2) is 0 Å². The summed E-state index contributed by atoms with van der Waals surface area (Å²) in [5.41, 5.74) is 5.46. The number of H-pyrrole nitrogens is 1. The van der Waals surface area contributed by atoms with Crippen LogP contribution in [0.25, 0.3) is 10.8 Å². The second-order valence-corrected chi connectivity index (χ2v) is 9.68. The molecule has 0 saturated carbocycles. The van der Waals surface area contributed by atoms with Gasteiger partial charge in [0, 0.05) is 10.9 Å². The SMILES string of the molecule is C[C@H](c1cc(F)cc2ccccc12)[C@H](NS(=O)(=O)c1ccc(Cl)cc1C(N)=O)c1n[nH]c(=O)o1. The minimum absolute atomic E-state index is 0.113. The first-order chi connectivity index (χ1) is 16.1. The van der Waals surface area contributed by atoms with Gasteiger partial charge in [-0.15, -0.1) is 5.10 Å². The van der Waals surface area contributed by atoms with E-state index in [9.17, 15) is 22.4 Å². The van der Waals surface area contributed by atoms with Crippen molar-refractivity contribution in [3.05, 3.63) is 93.0 Å². The molecule has 0 aliphatic carbocycles. The number of hydrogen-bond acceptors (Lipinski definition) is 6. The van der Waals surface area contributed by atoms with Gasteiger partial charge in [-0.25, -0.2) is 22.7 Å². The molecule has 0 aliphatic rings. The second-order valence-electron chi connectivity index (χ2n) is 7.56. The number of sulfonamides is 1. The fraction of sp³-hybridized carbons (Fsp3) is 0.136. The third kappa shape index (κ3) is 4.58. The number of carbonyl (C=O) groups excluding carboxylic acids is 1. The Morgan fingerprint density at radius 3 is 2.62 bits per heavy atom. The monoisotopic (exact) mass is 504 g/mol. The molecule has 1 amide bonds. The molecule has 0 bridgehead atoms. The highest BCUT2D eigenvalue weighted by Gasteiger charge is 2.33. The molecule has 12 heteroatoms. The van der Waals surface area contributed by atoms with Gasteiger partial charge < -0.3 is 10.2 Å². The number of primary amides is 1. The summed E-state index contributed by atoms with van der Waals surface area (Å²) in [5, 5.41) is 7.25. The number of carbonyl (C=O) groups is 1. The van der Waals surface area contributed by atoms with Gasteiger partial charge in [0.05, 0.1) is 10.5 Å². The molecule has 9 nitrogen and oxygen atoms in total. The number of fused-ring (bicyclic) bond motifs is 1. The maximum Gasteiger partial charge on any atom is 0.434 e. The molecule has 176 valence electrons. The van der Waals surface area contributed by atoms with Crippen molar-refractivity contribution >= 4 is 38.3 Å². The Labute approximate surface area is 197 Å². The Morgan fingerprint density at radius 1 is 1.21 bits per heavy atom. The summed E-state index contributed by atoms with van der Waals surface area (Å²) in [6, 6.07) is 11.9. The number of nitrogens with zero attached hydrogens (tertiary/aromatic N) is 1. The van der Waals surface area contributed by atoms with Gasteiger partial charge in [0.1, 0.15) is 11.9 Å². The van der Waals surface area contributed by atoms with Gasteiger partial charge in [0.25, 0.3) is 0 Å². The Bertz CT molecular complexity index is 1570. The van der Waals surface area contributed by atoms with E-state index in [1.54, 1.807) is 31.2 Å². The zero-order valence-corrected chi connectivity index (χ0v) is 19.2. The molecule has 34 heavy (non-hydrogen) atoms. The van der Waals surface area contributed by atoms with Crippen LogP contribution in [0.5, 0.6) is 0 Å². The average molecular weight is 505 g/mol. The Hall–Kier alpha value is -3.54. The lowest BCUT2D eigenvalue weighted by Gasteiger charge is -2.24. The molecule has 4 N–H and O–H groups in total. The van der Waals surface area contributed by atoms with Crippen molar-refractivity contribution in [2.75, 3.05) is 0 Å². The molecule has 0 saturated heterocycles. The lowest BCUT2D eigenvalue weighted by Crippen LogP contribution is -2.33. The minimum atomic E-state index is -4.43. The molecule has 2 atom stereocenters. The highest BCUT2D eigenvalue weighted by Crippen LogP contribution is 2.36. The second kappa shape index (κ2) is 9.01. The van der Waals surface area contributed by atoms with Gasteiger partial charge >= 0.3 is 5.76 Å². The van der Waals surface area contributed by atoms with Crippen LogP contribution in [0.4, 0.5) is 4.39 Å². The van der Waals surface area contributed by atoms with Crippen LogP contribution in [0.15, 0.2) is 68.7 Å². The number of benzene rings is 3. The van der Waals surface area contributed by atoms with Crippen molar-refractivity contribution in [2.45, 2.75) is 23.8 Å². The number of aromatic nitrogens is 2. The lowest BCUT2D eigenvalue weighted by molar-refractivity contribution is 0.0997. The number of aromatic amines is 1. The number of hydrogen-bond donors (Lipinski definition) is 3. The van der Waals surface area contributed by atoms with E-state index in [4.69, 9.17) is 21.8 Å². The molecular formula is C22H18ClFN4O5S. The van der Waals surface area contributed by atoms with Gasteiger partial charge in [0.2, 0.25) is 21.8 Å². The van der Waals surface area contributed by atoms with Crippen molar-refractivity contribution in [2.24, 2.45) is 5.73 Å². The first kappa shape index (κ1) is 23.6. The maximum atomic E-state index is 14.4. The highest BCUT2D eigenvalue weighted by atomic mass is 35.5. The molecule has 1 aromatic heterocycles. The summed E-state index contributed by atoms with van der Waals surface area (Å²) in [6.45, 7) is 1.62. The Morgan fingerprint density at radius 2 is 1.94 bits per heavy atom. The zero-order chi connectivity index (χ0) is 24.6. The molecular weight excluding hydrogens is 487 g/mol. The van der Waals surface area contributed by atoms with E-state index in [-0.39, 0.29) is 16.5 Å². The number of amides is 1. The molecule has 3 aromatic carbocycles. The van der Waals surface area contributed by atoms with Crippen LogP contribution in [0.2, 0.25) is 5.02 Å². The summed E-state index contributed by atoms with van der Waals surface area (Å²) in [7, 11) is -4.43. The standard InChI is InChI=1S/C22H18ClFN4O5S/c1-11(16-10-14(24)8-12-4-2-3-5-15(12)16)19(21-26-27-22(30)33-21)28-34(31,32)18-7-6-13(23)9-17(18)20(25)29/h2-11,19,28H,1H3,(H2,25,29)(H,27,30)/t11-,19+/m1/s1. The molecule has 0 aliphatic heterocycles. The van der Waals surface area contributed by atoms with Gasteiger partial charge in [-0.05, 0) is 46.7 Å². The molecule has 0 unspecified atom stereocenters. The largest absolute Gasteiger partial charge is 0.434 e. The molecule has 0 spiro atoms. The molecule has 1 heterocycles. The van der Waals surface area contributed by atoms with Crippen molar-refractivity contribution < 1.29 is 22.0 Å². The fourth-order valence-corrected chi connectivity index (χ4v) is 5.39. The van der Waals surface area contributed by atoms with Crippen LogP contribution >= 0.6 is 11.6 Å². The van der Waals surface area contributed by atoms with E-state index in [0.29, 0.717) is 16.3 Å². The fourth-order valence-electron chi connectivity index (χ4n) is 3.76. The molecule has 0 radical (unpaired) electrons. The molecule has 0 fully saturated rings. The summed E-state index contributed by atoms with van der Waals surface area (Å²) < 4.78 is 48.5. The van der Waals surface area contributed by atoms with Crippen molar-refractivity contribution in [1.29, 1.82) is 0 Å². The zero-order valence-electron chi connectivity index (χ0n) is 17.6. The quantitative estimate of drug-likeness (QED) is 0.352. The van der Waals surface area contributed by atoms with Crippen LogP contribution in [0, 0.1) is 5.82 Å². The third-order valence-corrected chi connectivity index (χ3v) is 7.08. The van der Waals surface area contributed by atoms with Crippen LogP contribution in [-0.4, -0.2) is 24.5 Å². The average Bonchev–Trinajstić information content (AvgIpc) is 3.22.